The molecule has 1 N–H and O–H groups in total. The molecule has 1 saturated carbocycles. The molecule has 4 nitrogen and oxygen atoms in total. The summed E-state index contributed by atoms with van der Waals surface area (Å²) in [4.78, 5) is 18.7. The van der Waals surface area contributed by atoms with Crippen molar-refractivity contribution in [3.05, 3.63) is 48.0 Å². The molecule has 1 aromatic carbocycles. The van der Waals surface area contributed by atoms with Gasteiger partial charge in [-0.3, -0.25) is 14.7 Å². The van der Waals surface area contributed by atoms with Crippen molar-refractivity contribution in [3.8, 4) is 11.1 Å². The standard InChI is InChI=1S/C21H26FN3O/c1-3-9-25(19-5-4-6-19)14-21(26)24-18-8-7-15(2)20(11-18)16-10-17(22)13-23-12-16/h7-8,10-13,19H,3-6,9,14H2,1-2H3,(H,24,26). The van der Waals surface area contributed by atoms with Gasteiger partial charge in [-0.05, 0) is 62.1 Å². The molecular weight excluding hydrogens is 329 g/mol. The highest BCUT2D eigenvalue weighted by atomic mass is 19.1. The van der Waals surface area contributed by atoms with E-state index in [2.05, 4.69) is 22.1 Å². The quantitative estimate of drug-likeness (QED) is 0.801. The number of hydrogen-bond donors (Lipinski definition) is 1. The van der Waals surface area contributed by atoms with Crippen LogP contribution in [0.5, 0.6) is 0 Å². The summed E-state index contributed by atoms with van der Waals surface area (Å²) in [6, 6.07) is 7.72. The smallest absolute Gasteiger partial charge is 0.238 e. The van der Waals surface area contributed by atoms with Crippen LogP contribution >= 0.6 is 0 Å². The largest absolute Gasteiger partial charge is 0.325 e. The van der Waals surface area contributed by atoms with Crippen LogP contribution < -0.4 is 5.32 Å². The van der Waals surface area contributed by atoms with Crippen LogP contribution in [0.2, 0.25) is 0 Å². The number of aryl methyl sites for hydroxylation is 1. The fourth-order valence-electron chi connectivity index (χ4n) is 3.38. The van der Waals surface area contributed by atoms with Gasteiger partial charge in [-0.15, -0.1) is 0 Å². The van der Waals surface area contributed by atoms with Crippen molar-refractivity contribution in [2.45, 2.75) is 45.6 Å². The number of aromatic nitrogens is 1. The summed E-state index contributed by atoms with van der Waals surface area (Å²) in [7, 11) is 0. The van der Waals surface area contributed by atoms with E-state index in [0.717, 1.165) is 29.8 Å². The Morgan fingerprint density at radius 1 is 1.31 bits per heavy atom. The molecule has 0 aliphatic heterocycles. The molecule has 5 heteroatoms. The molecule has 1 heterocycles. The highest BCUT2D eigenvalue weighted by Crippen LogP contribution is 2.27. The van der Waals surface area contributed by atoms with Crippen LogP contribution in [-0.4, -0.2) is 34.9 Å². The first-order valence-corrected chi connectivity index (χ1v) is 9.32. The molecule has 0 radical (unpaired) electrons. The minimum atomic E-state index is -0.368. The van der Waals surface area contributed by atoms with Crippen LogP contribution in [-0.2, 0) is 4.79 Å². The molecule has 0 spiro atoms. The molecule has 0 saturated heterocycles. The van der Waals surface area contributed by atoms with Crippen LogP contribution in [0.3, 0.4) is 0 Å². The van der Waals surface area contributed by atoms with E-state index in [4.69, 9.17) is 0 Å². The van der Waals surface area contributed by atoms with Gasteiger partial charge in [-0.25, -0.2) is 4.39 Å². The Labute approximate surface area is 154 Å². The van der Waals surface area contributed by atoms with Crippen LogP contribution in [0, 0.1) is 12.7 Å². The lowest BCUT2D eigenvalue weighted by Gasteiger charge is -2.37. The minimum Gasteiger partial charge on any atom is -0.325 e. The summed E-state index contributed by atoms with van der Waals surface area (Å²) in [6.07, 6.45) is 7.51. The zero-order valence-corrected chi connectivity index (χ0v) is 15.5. The summed E-state index contributed by atoms with van der Waals surface area (Å²) in [5.74, 6) is -0.371. The lowest BCUT2D eigenvalue weighted by atomic mass is 9.91. The number of halogens is 1. The predicted octanol–water partition coefficient (Wildman–Crippen LogP) is 4.40. The van der Waals surface area contributed by atoms with Crippen molar-refractivity contribution in [1.29, 1.82) is 0 Å². The molecule has 1 aromatic heterocycles. The van der Waals surface area contributed by atoms with Crippen LogP contribution in [0.4, 0.5) is 10.1 Å². The summed E-state index contributed by atoms with van der Waals surface area (Å²) < 4.78 is 13.5. The van der Waals surface area contributed by atoms with E-state index in [0.29, 0.717) is 18.2 Å². The average Bonchev–Trinajstić information content (AvgIpc) is 2.55. The molecule has 1 aliphatic carbocycles. The van der Waals surface area contributed by atoms with Gasteiger partial charge in [0.05, 0.1) is 12.7 Å². The second-order valence-corrected chi connectivity index (χ2v) is 7.02. The van der Waals surface area contributed by atoms with Crippen molar-refractivity contribution in [2.24, 2.45) is 0 Å². The monoisotopic (exact) mass is 355 g/mol. The Morgan fingerprint density at radius 3 is 2.77 bits per heavy atom. The molecule has 1 aliphatic rings. The van der Waals surface area contributed by atoms with Gasteiger partial charge in [0.15, 0.2) is 0 Å². The number of carbonyl (C=O) groups excluding carboxylic acids is 1. The van der Waals surface area contributed by atoms with Gasteiger partial charge in [-0.1, -0.05) is 19.4 Å². The first-order chi connectivity index (χ1) is 12.6. The molecule has 3 rings (SSSR count). The second kappa shape index (κ2) is 8.41. The summed E-state index contributed by atoms with van der Waals surface area (Å²) >= 11 is 0. The van der Waals surface area contributed by atoms with E-state index in [-0.39, 0.29) is 11.7 Å². The molecule has 2 aromatic rings. The van der Waals surface area contributed by atoms with Gasteiger partial charge in [0, 0.05) is 23.5 Å². The number of nitrogens with one attached hydrogen (secondary N) is 1. The van der Waals surface area contributed by atoms with Crippen molar-refractivity contribution in [1.82, 2.24) is 9.88 Å². The first-order valence-electron chi connectivity index (χ1n) is 9.32. The fourth-order valence-corrected chi connectivity index (χ4v) is 3.38. The van der Waals surface area contributed by atoms with E-state index < -0.39 is 0 Å². The number of rotatable bonds is 7. The van der Waals surface area contributed by atoms with Gasteiger partial charge in [-0.2, -0.15) is 0 Å². The highest BCUT2D eigenvalue weighted by molar-refractivity contribution is 5.93. The van der Waals surface area contributed by atoms with Gasteiger partial charge < -0.3 is 5.32 Å². The zero-order chi connectivity index (χ0) is 18.5. The summed E-state index contributed by atoms with van der Waals surface area (Å²) in [5.41, 5.74) is 3.32. The Balaban J connectivity index is 1.71. The fraction of sp³-hybridized carbons (Fsp3) is 0.429. The number of amides is 1. The summed E-state index contributed by atoms with van der Waals surface area (Å²) in [6.45, 7) is 5.48. The van der Waals surface area contributed by atoms with E-state index in [1.165, 1.54) is 31.5 Å². The highest BCUT2D eigenvalue weighted by Gasteiger charge is 2.25. The Bertz CT molecular complexity index is 774. The topological polar surface area (TPSA) is 45.2 Å². The third-order valence-electron chi connectivity index (χ3n) is 4.99. The minimum absolute atomic E-state index is 0.00230. The molecule has 0 atom stereocenters. The molecule has 1 amide bonds. The Kier molecular flexibility index (Phi) is 5.99. The van der Waals surface area contributed by atoms with Crippen molar-refractivity contribution < 1.29 is 9.18 Å². The number of benzene rings is 1. The van der Waals surface area contributed by atoms with Gasteiger partial charge in [0.2, 0.25) is 5.91 Å². The first kappa shape index (κ1) is 18.5. The third kappa shape index (κ3) is 4.47. The number of nitrogens with zero attached hydrogens (tertiary/aromatic N) is 2. The van der Waals surface area contributed by atoms with Crippen LogP contribution in [0.25, 0.3) is 11.1 Å². The summed E-state index contributed by atoms with van der Waals surface area (Å²) in [5, 5.41) is 2.99. The molecule has 138 valence electrons. The molecule has 1 fully saturated rings. The number of anilines is 1. The maximum Gasteiger partial charge on any atom is 0.238 e. The Hall–Kier alpha value is -2.27. The lowest BCUT2D eigenvalue weighted by Crippen LogP contribution is -2.44. The van der Waals surface area contributed by atoms with E-state index >= 15 is 0 Å². The average molecular weight is 355 g/mol. The molecule has 0 bridgehead atoms. The maximum absolute atomic E-state index is 13.5. The Morgan fingerprint density at radius 2 is 2.12 bits per heavy atom. The molecular formula is C21H26FN3O. The third-order valence-corrected chi connectivity index (χ3v) is 4.99. The van der Waals surface area contributed by atoms with E-state index in [1.54, 1.807) is 6.20 Å². The van der Waals surface area contributed by atoms with Crippen LogP contribution in [0.15, 0.2) is 36.7 Å². The predicted molar refractivity (Wildman–Crippen MR) is 103 cm³/mol. The number of hydrogen-bond acceptors (Lipinski definition) is 3. The van der Waals surface area contributed by atoms with E-state index in [9.17, 15) is 9.18 Å². The number of pyridine rings is 1. The van der Waals surface area contributed by atoms with Gasteiger partial charge in [0.1, 0.15) is 5.82 Å². The lowest BCUT2D eigenvalue weighted by molar-refractivity contribution is -0.118. The second-order valence-electron chi connectivity index (χ2n) is 7.02. The normalized spacial score (nSPS) is 14.3. The molecule has 0 unspecified atom stereocenters. The maximum atomic E-state index is 13.5. The van der Waals surface area contributed by atoms with Gasteiger partial charge >= 0.3 is 0 Å². The zero-order valence-electron chi connectivity index (χ0n) is 15.5. The molecule has 26 heavy (non-hydrogen) atoms. The van der Waals surface area contributed by atoms with Crippen molar-refractivity contribution >= 4 is 11.6 Å². The van der Waals surface area contributed by atoms with Crippen LogP contribution in [0.1, 0.15) is 38.2 Å². The van der Waals surface area contributed by atoms with E-state index in [1.807, 2.05) is 25.1 Å². The number of carbonyl (C=O) groups is 1. The van der Waals surface area contributed by atoms with Crippen molar-refractivity contribution in [2.75, 3.05) is 18.4 Å². The van der Waals surface area contributed by atoms with Gasteiger partial charge in [0.25, 0.3) is 0 Å². The van der Waals surface area contributed by atoms with Crippen molar-refractivity contribution in [3.63, 3.8) is 0 Å². The SMILES string of the molecule is CCCN(CC(=O)Nc1ccc(C)c(-c2cncc(F)c2)c1)C1CCC1.